The van der Waals surface area contributed by atoms with Gasteiger partial charge in [-0.25, -0.2) is 23.8 Å². The minimum absolute atomic E-state index is 0. The van der Waals surface area contributed by atoms with E-state index in [1.165, 1.54) is 11.1 Å². The summed E-state index contributed by atoms with van der Waals surface area (Å²) in [4.78, 5) is 0. The number of rotatable bonds is 2. The summed E-state index contributed by atoms with van der Waals surface area (Å²) in [6.45, 7) is 21.1. The summed E-state index contributed by atoms with van der Waals surface area (Å²) < 4.78 is 0. The van der Waals surface area contributed by atoms with E-state index in [-0.39, 0.29) is 39.0 Å². The quantitative estimate of drug-likeness (QED) is 0.211. The van der Waals surface area contributed by atoms with Gasteiger partial charge in [0.2, 0.25) is 0 Å². The van der Waals surface area contributed by atoms with Crippen LogP contribution in [0.1, 0.15) is 48.0 Å². The molecule has 0 aliphatic heterocycles. The van der Waals surface area contributed by atoms with Crippen molar-refractivity contribution < 1.29 is 39.0 Å². The van der Waals surface area contributed by atoms with Crippen molar-refractivity contribution in [2.75, 3.05) is 0 Å². The fourth-order valence-corrected chi connectivity index (χ4v) is 1.66. The van der Waals surface area contributed by atoms with Crippen LogP contribution >= 0.6 is 0 Å². The molecule has 0 saturated carbocycles. The van der Waals surface area contributed by atoms with Crippen LogP contribution in [0.15, 0.2) is 95.7 Å². The van der Waals surface area contributed by atoms with Crippen LogP contribution in [0.25, 0.3) is 0 Å². The summed E-state index contributed by atoms with van der Waals surface area (Å²) in [5.41, 5.74) is 4.56. The molecule has 2 heteroatoms. The first-order valence-electron chi connectivity index (χ1n) is 8.28. The summed E-state index contributed by atoms with van der Waals surface area (Å²) in [5, 5.41) is 0. The van der Waals surface area contributed by atoms with Crippen molar-refractivity contribution in [3.05, 3.63) is 102 Å². The van der Waals surface area contributed by atoms with E-state index in [1.54, 1.807) is 0 Å². The summed E-state index contributed by atoms with van der Waals surface area (Å²) in [5.74, 6) is 0. The first-order valence-corrected chi connectivity index (χ1v) is 8.28. The Bertz CT molecular complexity index is 490. The predicted molar refractivity (Wildman–Crippen MR) is 112 cm³/mol. The van der Waals surface area contributed by atoms with E-state index in [0.717, 1.165) is 17.6 Å². The number of hydrogen-bond donors (Lipinski definition) is 0. The van der Waals surface area contributed by atoms with Crippen LogP contribution in [0.5, 0.6) is 0 Å². The van der Waals surface area contributed by atoms with Crippen LogP contribution < -0.4 is 0 Å². The molecule has 1 aliphatic carbocycles. The maximum Gasteiger partial charge on any atom is 2.00 e. The van der Waals surface area contributed by atoms with Crippen molar-refractivity contribution in [2.45, 2.75) is 48.0 Å². The van der Waals surface area contributed by atoms with Gasteiger partial charge in [0.05, 0.1) is 0 Å². The van der Waals surface area contributed by atoms with Crippen LogP contribution in [0.3, 0.4) is 0 Å². The SMILES string of the molecule is C1=CCC=C1.C=C(C)C=C(C)C.[CH-]=C(C)C=C(C)C.[Ru+2].[Ru].c1cc[cH-]c1. The fraction of sp³-hybridized carbons (Fsp3) is 0.292. The molecule has 0 bridgehead atoms. The Morgan fingerprint density at radius 3 is 1.38 bits per heavy atom. The monoisotopic (exact) mass is 526 g/mol. The van der Waals surface area contributed by atoms with Gasteiger partial charge < -0.3 is 0 Å². The van der Waals surface area contributed by atoms with E-state index >= 15 is 0 Å². The fourth-order valence-electron chi connectivity index (χ4n) is 1.66. The van der Waals surface area contributed by atoms with E-state index in [0.29, 0.717) is 0 Å². The second kappa shape index (κ2) is 24.0. The maximum absolute atomic E-state index is 5.33. The van der Waals surface area contributed by atoms with Crippen LogP contribution in [-0.4, -0.2) is 0 Å². The van der Waals surface area contributed by atoms with Gasteiger partial charge in [0.15, 0.2) is 0 Å². The molecule has 2 rings (SSSR count). The first-order chi connectivity index (χ1) is 11.3. The zero-order valence-corrected chi connectivity index (χ0v) is 20.5. The molecule has 0 radical (unpaired) electrons. The third-order valence-corrected chi connectivity index (χ3v) is 2.26. The molecule has 0 heterocycles. The number of hydrogen-bond acceptors (Lipinski definition) is 0. The molecular weight excluding hydrogens is 490 g/mol. The molecule has 146 valence electrons. The molecule has 0 spiro atoms. The van der Waals surface area contributed by atoms with E-state index in [4.69, 9.17) is 6.58 Å². The van der Waals surface area contributed by atoms with Gasteiger partial charge in [-0.05, 0) is 27.2 Å². The molecule has 1 aromatic carbocycles. The summed E-state index contributed by atoms with van der Waals surface area (Å²) >= 11 is 0. The molecular formula is C24H34Ru2. The minimum Gasteiger partial charge on any atom is -0.290 e. The molecule has 0 fully saturated rings. The molecule has 0 nitrogen and oxygen atoms in total. The molecule has 0 amide bonds. The van der Waals surface area contributed by atoms with Crippen LogP contribution in [-0.2, 0) is 39.0 Å². The van der Waals surface area contributed by atoms with Crippen LogP contribution in [0, 0.1) is 6.58 Å². The van der Waals surface area contributed by atoms with Crippen molar-refractivity contribution in [3.8, 4) is 0 Å². The Balaban J connectivity index is -0.000000122. The van der Waals surface area contributed by atoms with Crippen molar-refractivity contribution in [1.82, 2.24) is 0 Å². The van der Waals surface area contributed by atoms with E-state index in [2.05, 4.69) is 50.8 Å². The normalized spacial score (nSPS) is 9.15. The average Bonchev–Trinajstić information content (AvgIpc) is 3.16. The van der Waals surface area contributed by atoms with Gasteiger partial charge in [0.1, 0.15) is 0 Å². The number of allylic oxidation sites excluding steroid dienone is 10. The molecule has 0 unspecified atom stereocenters. The predicted octanol–water partition coefficient (Wildman–Crippen LogP) is 7.76. The van der Waals surface area contributed by atoms with Crippen molar-refractivity contribution in [1.29, 1.82) is 0 Å². The second-order valence-corrected chi connectivity index (χ2v) is 6.09. The van der Waals surface area contributed by atoms with Crippen molar-refractivity contribution >= 4 is 0 Å². The molecule has 0 N–H and O–H groups in total. The smallest absolute Gasteiger partial charge is 0.290 e. The molecule has 1 aromatic rings. The Hall–Kier alpha value is -0.963. The molecule has 1 aliphatic rings. The first kappa shape index (κ1) is 32.7. The van der Waals surface area contributed by atoms with Gasteiger partial charge in [0, 0.05) is 19.5 Å². The summed E-state index contributed by atoms with van der Waals surface area (Å²) in [6, 6.07) is 10.0. The second-order valence-electron chi connectivity index (χ2n) is 6.09. The maximum atomic E-state index is 5.33. The van der Waals surface area contributed by atoms with Gasteiger partial charge in [-0.15, -0.1) is 0 Å². The molecule has 0 atom stereocenters. The van der Waals surface area contributed by atoms with Crippen LogP contribution in [0.4, 0.5) is 0 Å². The minimum atomic E-state index is 0. The van der Waals surface area contributed by atoms with Crippen molar-refractivity contribution in [2.24, 2.45) is 0 Å². The Morgan fingerprint density at radius 2 is 1.31 bits per heavy atom. The molecule has 0 saturated heterocycles. The summed E-state index contributed by atoms with van der Waals surface area (Å²) in [7, 11) is 0. The Labute approximate surface area is 188 Å². The molecule has 26 heavy (non-hydrogen) atoms. The third kappa shape index (κ3) is 38.5. The summed E-state index contributed by atoms with van der Waals surface area (Å²) in [6.07, 6.45) is 13.5. The molecule has 0 aromatic heterocycles. The Kier molecular flexibility index (Phi) is 30.2. The Morgan fingerprint density at radius 1 is 0.885 bits per heavy atom. The van der Waals surface area contributed by atoms with E-state index < -0.39 is 0 Å². The van der Waals surface area contributed by atoms with Crippen molar-refractivity contribution in [3.63, 3.8) is 0 Å². The zero-order chi connectivity index (χ0) is 18.8. The third-order valence-electron chi connectivity index (χ3n) is 2.26. The standard InChI is InChI=1S/C7H12.C7H11.C5H6.C5H5.2Ru/c2*1-6(2)5-7(3)4;2*1-2-4-5-3-1;;/h5H,1H2,2-4H3;1,5H,2-4H3;1-4H,5H2;1-5H;;/q;-1;;-1;;+2. The van der Waals surface area contributed by atoms with Gasteiger partial charge in [-0.2, -0.15) is 23.8 Å². The van der Waals surface area contributed by atoms with Gasteiger partial charge in [-0.1, -0.05) is 68.9 Å². The van der Waals surface area contributed by atoms with Gasteiger partial charge >= 0.3 is 19.5 Å². The van der Waals surface area contributed by atoms with Gasteiger partial charge in [0.25, 0.3) is 0 Å². The topological polar surface area (TPSA) is 0 Å². The van der Waals surface area contributed by atoms with E-state index in [9.17, 15) is 0 Å². The van der Waals surface area contributed by atoms with Crippen LogP contribution in [0.2, 0.25) is 0 Å². The average molecular weight is 525 g/mol. The van der Waals surface area contributed by atoms with Gasteiger partial charge in [-0.3, -0.25) is 6.58 Å². The largest absolute Gasteiger partial charge is 2.00 e. The zero-order valence-electron chi connectivity index (χ0n) is 17.0. The van der Waals surface area contributed by atoms with E-state index in [1.807, 2.05) is 64.1 Å².